The standard InChI is InChI=1S/C24H25F2N3O3/c1-15-3-4-17(13-16(15)2)21-22(28-9-7-27(8-10-28)11-12-30)24(32)29(23(21)31)18-5-6-19(25)20(26)14-18/h3-6,13-14,30H,7-12H2,1-2H3. The summed E-state index contributed by atoms with van der Waals surface area (Å²) >= 11 is 0. The fraction of sp³-hybridized carbons (Fsp3) is 0.333. The number of aryl methyl sites for hydroxylation is 2. The minimum atomic E-state index is -1.12. The molecule has 0 atom stereocenters. The van der Waals surface area contributed by atoms with Crippen LogP contribution >= 0.6 is 0 Å². The molecule has 1 fully saturated rings. The van der Waals surface area contributed by atoms with Gasteiger partial charge in [-0.25, -0.2) is 13.7 Å². The highest BCUT2D eigenvalue weighted by molar-refractivity contribution is 6.45. The number of benzene rings is 2. The molecule has 0 aromatic heterocycles. The van der Waals surface area contributed by atoms with E-state index in [0.717, 1.165) is 28.2 Å². The van der Waals surface area contributed by atoms with Crippen LogP contribution < -0.4 is 4.90 Å². The average Bonchev–Trinajstić information content (AvgIpc) is 3.03. The fourth-order valence-electron chi connectivity index (χ4n) is 4.16. The molecule has 168 valence electrons. The van der Waals surface area contributed by atoms with Gasteiger partial charge in [-0.2, -0.15) is 0 Å². The minimum Gasteiger partial charge on any atom is -0.395 e. The number of carbonyl (C=O) groups is 2. The van der Waals surface area contributed by atoms with E-state index in [-0.39, 0.29) is 23.6 Å². The summed E-state index contributed by atoms with van der Waals surface area (Å²) in [5.74, 6) is -3.28. The summed E-state index contributed by atoms with van der Waals surface area (Å²) in [6, 6.07) is 8.57. The Morgan fingerprint density at radius 1 is 0.875 bits per heavy atom. The first-order valence-electron chi connectivity index (χ1n) is 10.6. The number of hydrogen-bond donors (Lipinski definition) is 1. The Hall–Kier alpha value is -3.10. The molecule has 6 nitrogen and oxygen atoms in total. The van der Waals surface area contributed by atoms with Crippen LogP contribution in [0.15, 0.2) is 42.1 Å². The molecule has 0 unspecified atom stereocenters. The third kappa shape index (κ3) is 3.91. The van der Waals surface area contributed by atoms with Gasteiger partial charge in [-0.05, 0) is 42.7 Å². The summed E-state index contributed by atoms with van der Waals surface area (Å²) in [6.07, 6.45) is 0. The first kappa shape index (κ1) is 22.1. The predicted molar refractivity (Wildman–Crippen MR) is 117 cm³/mol. The van der Waals surface area contributed by atoms with Gasteiger partial charge in [0.25, 0.3) is 11.8 Å². The second-order valence-electron chi connectivity index (χ2n) is 8.12. The lowest BCUT2D eigenvalue weighted by Crippen LogP contribution is -2.48. The van der Waals surface area contributed by atoms with Gasteiger partial charge in [-0.1, -0.05) is 18.2 Å². The van der Waals surface area contributed by atoms with Crippen molar-refractivity contribution in [3.05, 3.63) is 70.4 Å². The molecule has 2 amide bonds. The molecule has 32 heavy (non-hydrogen) atoms. The molecule has 8 heteroatoms. The third-order valence-corrected chi connectivity index (χ3v) is 6.12. The maximum atomic E-state index is 13.9. The molecule has 0 bridgehead atoms. The van der Waals surface area contributed by atoms with Gasteiger partial charge in [0.15, 0.2) is 11.6 Å². The fourth-order valence-corrected chi connectivity index (χ4v) is 4.16. The summed E-state index contributed by atoms with van der Waals surface area (Å²) in [5, 5.41) is 9.19. The van der Waals surface area contributed by atoms with Crippen molar-refractivity contribution in [1.82, 2.24) is 9.80 Å². The van der Waals surface area contributed by atoms with Crippen molar-refractivity contribution in [3.63, 3.8) is 0 Å². The second kappa shape index (κ2) is 8.80. The number of carbonyl (C=O) groups excluding carboxylic acids is 2. The van der Waals surface area contributed by atoms with Gasteiger partial charge < -0.3 is 10.0 Å². The summed E-state index contributed by atoms with van der Waals surface area (Å²) in [4.78, 5) is 31.9. The van der Waals surface area contributed by atoms with Crippen LogP contribution in [-0.2, 0) is 9.59 Å². The van der Waals surface area contributed by atoms with E-state index >= 15 is 0 Å². The number of hydrogen-bond acceptors (Lipinski definition) is 5. The van der Waals surface area contributed by atoms with Gasteiger partial charge in [0.2, 0.25) is 0 Å². The van der Waals surface area contributed by atoms with Crippen LogP contribution in [0, 0.1) is 25.5 Å². The van der Waals surface area contributed by atoms with Crippen LogP contribution in [0.25, 0.3) is 5.57 Å². The number of halogens is 2. The molecule has 2 heterocycles. The lowest BCUT2D eigenvalue weighted by atomic mass is 9.99. The number of aliphatic hydroxyl groups is 1. The van der Waals surface area contributed by atoms with Crippen molar-refractivity contribution in [2.24, 2.45) is 0 Å². The monoisotopic (exact) mass is 441 g/mol. The predicted octanol–water partition coefficient (Wildman–Crippen LogP) is 2.48. The first-order chi connectivity index (χ1) is 15.3. The highest BCUT2D eigenvalue weighted by Crippen LogP contribution is 2.36. The molecule has 0 saturated carbocycles. The van der Waals surface area contributed by atoms with Crippen LogP contribution in [0.4, 0.5) is 14.5 Å². The number of nitrogens with zero attached hydrogens (tertiary/aromatic N) is 3. The Morgan fingerprint density at radius 3 is 2.22 bits per heavy atom. The summed E-state index contributed by atoms with van der Waals surface area (Å²) in [6.45, 7) is 6.78. The molecular formula is C24H25F2N3O3. The van der Waals surface area contributed by atoms with E-state index in [1.807, 2.05) is 30.9 Å². The number of rotatable bonds is 5. The first-order valence-corrected chi connectivity index (χ1v) is 10.6. The molecule has 2 aliphatic heterocycles. The molecule has 0 spiro atoms. The zero-order valence-electron chi connectivity index (χ0n) is 18.1. The molecule has 0 radical (unpaired) electrons. The summed E-state index contributed by atoms with van der Waals surface area (Å²) in [5.41, 5.74) is 3.18. The normalized spacial score (nSPS) is 17.7. The maximum absolute atomic E-state index is 13.9. The van der Waals surface area contributed by atoms with Gasteiger partial charge in [0.05, 0.1) is 17.9 Å². The Balaban J connectivity index is 1.77. The quantitative estimate of drug-likeness (QED) is 0.723. The summed E-state index contributed by atoms with van der Waals surface area (Å²) < 4.78 is 27.4. The van der Waals surface area contributed by atoms with Gasteiger partial charge in [-0.3, -0.25) is 14.5 Å². The van der Waals surface area contributed by atoms with Gasteiger partial charge in [0.1, 0.15) is 5.70 Å². The van der Waals surface area contributed by atoms with Crippen molar-refractivity contribution < 1.29 is 23.5 Å². The Morgan fingerprint density at radius 2 is 1.59 bits per heavy atom. The van der Waals surface area contributed by atoms with Gasteiger partial charge >= 0.3 is 0 Å². The van der Waals surface area contributed by atoms with Crippen LogP contribution in [0.3, 0.4) is 0 Å². The summed E-state index contributed by atoms with van der Waals surface area (Å²) in [7, 11) is 0. The molecule has 2 aliphatic rings. The van der Waals surface area contributed by atoms with Crippen molar-refractivity contribution in [2.45, 2.75) is 13.8 Å². The number of imide groups is 1. The van der Waals surface area contributed by atoms with Crippen molar-refractivity contribution >= 4 is 23.1 Å². The molecule has 2 aromatic rings. The van der Waals surface area contributed by atoms with E-state index in [1.54, 1.807) is 6.07 Å². The average molecular weight is 441 g/mol. The van der Waals surface area contributed by atoms with Crippen molar-refractivity contribution in [2.75, 3.05) is 44.2 Å². The lowest BCUT2D eigenvalue weighted by Gasteiger charge is -2.36. The highest BCUT2D eigenvalue weighted by atomic mass is 19.2. The number of piperazine rings is 1. The van der Waals surface area contributed by atoms with E-state index in [4.69, 9.17) is 0 Å². The largest absolute Gasteiger partial charge is 0.395 e. The number of aliphatic hydroxyl groups excluding tert-OH is 1. The molecule has 1 saturated heterocycles. The zero-order valence-corrected chi connectivity index (χ0v) is 18.1. The van der Waals surface area contributed by atoms with E-state index in [0.29, 0.717) is 38.3 Å². The van der Waals surface area contributed by atoms with Crippen LogP contribution in [-0.4, -0.2) is 66.1 Å². The van der Waals surface area contributed by atoms with E-state index < -0.39 is 23.4 Å². The van der Waals surface area contributed by atoms with E-state index in [9.17, 15) is 23.5 Å². The zero-order chi connectivity index (χ0) is 23.0. The molecule has 2 aromatic carbocycles. The van der Waals surface area contributed by atoms with E-state index in [2.05, 4.69) is 4.90 Å². The van der Waals surface area contributed by atoms with Crippen LogP contribution in [0.1, 0.15) is 16.7 Å². The number of β-amino-alcohol motifs (C(OH)–C–C–N with tert-alkyl or cyclic N) is 1. The van der Waals surface area contributed by atoms with Gasteiger partial charge in [0, 0.05) is 38.8 Å². The van der Waals surface area contributed by atoms with Crippen LogP contribution in [0.5, 0.6) is 0 Å². The van der Waals surface area contributed by atoms with Crippen LogP contribution in [0.2, 0.25) is 0 Å². The maximum Gasteiger partial charge on any atom is 0.282 e. The van der Waals surface area contributed by atoms with Crippen molar-refractivity contribution in [1.29, 1.82) is 0 Å². The topological polar surface area (TPSA) is 64.1 Å². The highest BCUT2D eigenvalue weighted by Gasteiger charge is 2.43. The Kier molecular flexibility index (Phi) is 6.08. The molecule has 1 N–H and O–H groups in total. The second-order valence-corrected chi connectivity index (χ2v) is 8.12. The molecular weight excluding hydrogens is 416 g/mol. The SMILES string of the molecule is Cc1ccc(C2=C(N3CCN(CCO)CC3)C(=O)N(c3ccc(F)c(F)c3)C2=O)cc1C. The smallest absolute Gasteiger partial charge is 0.282 e. The third-order valence-electron chi connectivity index (χ3n) is 6.12. The number of amides is 2. The lowest BCUT2D eigenvalue weighted by molar-refractivity contribution is -0.120. The number of anilines is 1. The molecule has 0 aliphatic carbocycles. The van der Waals surface area contributed by atoms with Crippen molar-refractivity contribution in [3.8, 4) is 0 Å². The van der Waals surface area contributed by atoms with Gasteiger partial charge in [-0.15, -0.1) is 0 Å². The minimum absolute atomic E-state index is 0.00542. The Labute approximate surface area is 185 Å². The Bertz CT molecular complexity index is 1110. The van der Waals surface area contributed by atoms with E-state index in [1.165, 1.54) is 6.07 Å². The molecule has 4 rings (SSSR count).